The van der Waals surface area contributed by atoms with Crippen LogP contribution in [0.1, 0.15) is 37.6 Å². The molecule has 2 aromatic rings. The van der Waals surface area contributed by atoms with Crippen LogP contribution in [0, 0.1) is 0 Å². The van der Waals surface area contributed by atoms with Crippen LogP contribution in [0.25, 0.3) is 0 Å². The van der Waals surface area contributed by atoms with Crippen molar-refractivity contribution < 1.29 is 0 Å². The van der Waals surface area contributed by atoms with Crippen LogP contribution in [0.2, 0.25) is 0 Å². The minimum absolute atomic E-state index is 0.366. The summed E-state index contributed by atoms with van der Waals surface area (Å²) in [6, 6.07) is 2.42. The van der Waals surface area contributed by atoms with Crippen LogP contribution in [-0.2, 0) is 20.0 Å². The van der Waals surface area contributed by atoms with Crippen molar-refractivity contribution in [2.45, 2.75) is 39.3 Å². The molecule has 1 atom stereocenters. The van der Waals surface area contributed by atoms with Gasteiger partial charge in [-0.2, -0.15) is 10.2 Å². The molecule has 0 fully saturated rings. The average molecular weight is 261 g/mol. The van der Waals surface area contributed by atoms with E-state index >= 15 is 0 Å². The number of nitrogens with zero attached hydrogens (tertiary/aromatic N) is 4. The second-order valence-corrected chi connectivity index (χ2v) is 4.91. The fourth-order valence-corrected chi connectivity index (χ4v) is 2.08. The van der Waals surface area contributed by atoms with Gasteiger partial charge in [-0.1, -0.05) is 6.92 Å². The third-order valence-corrected chi connectivity index (χ3v) is 3.37. The zero-order chi connectivity index (χ0) is 13.7. The van der Waals surface area contributed by atoms with Crippen LogP contribution < -0.4 is 5.32 Å². The van der Waals surface area contributed by atoms with Crippen molar-refractivity contribution in [2.75, 3.05) is 6.54 Å². The smallest absolute Gasteiger partial charge is 0.0537 e. The average Bonchev–Trinajstić information content (AvgIpc) is 3.02. The van der Waals surface area contributed by atoms with Crippen molar-refractivity contribution in [3.8, 4) is 0 Å². The molecule has 2 heterocycles. The third kappa shape index (κ3) is 3.67. The maximum absolute atomic E-state index is 4.42. The minimum atomic E-state index is 0.366. The number of nitrogens with one attached hydrogen (secondary N) is 1. The second-order valence-electron chi connectivity index (χ2n) is 4.91. The van der Waals surface area contributed by atoms with Gasteiger partial charge >= 0.3 is 0 Å². The van der Waals surface area contributed by atoms with Crippen molar-refractivity contribution in [1.82, 2.24) is 24.9 Å². The van der Waals surface area contributed by atoms with Crippen LogP contribution >= 0.6 is 0 Å². The van der Waals surface area contributed by atoms with Crippen molar-refractivity contribution in [3.63, 3.8) is 0 Å². The van der Waals surface area contributed by atoms with Gasteiger partial charge in [0, 0.05) is 49.7 Å². The first-order valence-corrected chi connectivity index (χ1v) is 6.93. The quantitative estimate of drug-likeness (QED) is 0.828. The molecule has 0 bridgehead atoms. The van der Waals surface area contributed by atoms with Gasteiger partial charge in [0.1, 0.15) is 0 Å². The Morgan fingerprint density at radius 3 is 2.89 bits per heavy atom. The van der Waals surface area contributed by atoms with E-state index in [-0.39, 0.29) is 0 Å². The fraction of sp³-hybridized carbons (Fsp3) is 0.571. The molecule has 0 aliphatic rings. The van der Waals surface area contributed by atoms with Crippen LogP contribution in [0.15, 0.2) is 24.7 Å². The Bertz CT molecular complexity index is 499. The van der Waals surface area contributed by atoms with E-state index in [2.05, 4.69) is 41.6 Å². The first kappa shape index (κ1) is 13.8. The molecule has 2 rings (SSSR count). The molecule has 0 aliphatic heterocycles. The molecule has 0 saturated heterocycles. The van der Waals surface area contributed by atoms with E-state index in [0.29, 0.717) is 6.04 Å². The maximum Gasteiger partial charge on any atom is 0.0537 e. The molecule has 0 amide bonds. The summed E-state index contributed by atoms with van der Waals surface area (Å²) in [6.45, 7) is 6.29. The van der Waals surface area contributed by atoms with E-state index < -0.39 is 0 Å². The Morgan fingerprint density at radius 1 is 1.37 bits per heavy atom. The summed E-state index contributed by atoms with van der Waals surface area (Å²) in [5.41, 5.74) is 2.48. The predicted molar refractivity (Wildman–Crippen MR) is 75.8 cm³/mol. The van der Waals surface area contributed by atoms with E-state index in [9.17, 15) is 0 Å². The minimum Gasteiger partial charge on any atom is -0.310 e. The first-order valence-electron chi connectivity index (χ1n) is 6.93. The molecule has 5 heteroatoms. The summed E-state index contributed by atoms with van der Waals surface area (Å²) in [4.78, 5) is 0. The van der Waals surface area contributed by atoms with Gasteiger partial charge in [0.2, 0.25) is 0 Å². The molecule has 0 aliphatic carbocycles. The Balaban J connectivity index is 1.88. The highest BCUT2D eigenvalue weighted by Crippen LogP contribution is 2.11. The van der Waals surface area contributed by atoms with Gasteiger partial charge in [-0.25, -0.2) is 0 Å². The van der Waals surface area contributed by atoms with Crippen molar-refractivity contribution in [1.29, 1.82) is 0 Å². The lowest BCUT2D eigenvalue weighted by Crippen LogP contribution is -2.18. The fourth-order valence-electron chi connectivity index (χ4n) is 2.08. The topological polar surface area (TPSA) is 47.7 Å². The van der Waals surface area contributed by atoms with Crippen molar-refractivity contribution >= 4 is 0 Å². The van der Waals surface area contributed by atoms with E-state index in [1.165, 1.54) is 11.3 Å². The van der Waals surface area contributed by atoms with Crippen LogP contribution in [0.3, 0.4) is 0 Å². The summed E-state index contributed by atoms with van der Waals surface area (Å²) < 4.78 is 3.92. The van der Waals surface area contributed by atoms with Gasteiger partial charge in [-0.05, 0) is 26.0 Å². The van der Waals surface area contributed by atoms with E-state index in [1.807, 2.05) is 28.8 Å². The largest absolute Gasteiger partial charge is 0.310 e. The molecule has 19 heavy (non-hydrogen) atoms. The molecule has 1 unspecified atom stereocenters. The maximum atomic E-state index is 4.42. The Morgan fingerprint density at radius 2 is 2.21 bits per heavy atom. The molecule has 104 valence electrons. The predicted octanol–water partition coefficient (Wildman–Crippen LogP) is 1.92. The van der Waals surface area contributed by atoms with Gasteiger partial charge in [0.25, 0.3) is 0 Å². The summed E-state index contributed by atoms with van der Waals surface area (Å²) in [5, 5.41) is 12.1. The summed E-state index contributed by atoms with van der Waals surface area (Å²) >= 11 is 0. The normalized spacial score (nSPS) is 12.8. The molecule has 1 N–H and O–H groups in total. The Hall–Kier alpha value is -1.62. The number of aryl methyl sites for hydroxylation is 3. The van der Waals surface area contributed by atoms with Crippen molar-refractivity contribution in [3.05, 3.63) is 35.9 Å². The summed E-state index contributed by atoms with van der Waals surface area (Å²) in [5.74, 6) is 0. The molecule has 0 spiro atoms. The lowest BCUT2D eigenvalue weighted by atomic mass is 10.2. The molecular formula is C14H23N5. The van der Waals surface area contributed by atoms with E-state index in [1.54, 1.807) is 0 Å². The van der Waals surface area contributed by atoms with Crippen LogP contribution in [0.4, 0.5) is 0 Å². The van der Waals surface area contributed by atoms with Gasteiger partial charge in [0.15, 0.2) is 0 Å². The standard InChI is InChI=1S/C14H23N5/c1-4-7-15-12(2)13-10-17-19(11-13)9-6-14-5-8-16-18(14)3/h5,8,10-12,15H,4,6-7,9H2,1-3H3. The van der Waals surface area contributed by atoms with Gasteiger partial charge in [0.05, 0.1) is 6.20 Å². The summed E-state index contributed by atoms with van der Waals surface area (Å²) in [7, 11) is 1.97. The van der Waals surface area contributed by atoms with Gasteiger partial charge < -0.3 is 5.32 Å². The van der Waals surface area contributed by atoms with Crippen LogP contribution in [-0.4, -0.2) is 26.1 Å². The summed E-state index contributed by atoms with van der Waals surface area (Å²) in [6.07, 6.45) is 8.02. The van der Waals surface area contributed by atoms with Crippen LogP contribution in [0.5, 0.6) is 0 Å². The molecule has 0 saturated carbocycles. The molecule has 0 radical (unpaired) electrons. The van der Waals surface area contributed by atoms with Crippen molar-refractivity contribution in [2.24, 2.45) is 7.05 Å². The highest BCUT2D eigenvalue weighted by Gasteiger charge is 2.07. The number of hydrogen-bond donors (Lipinski definition) is 1. The second kappa shape index (κ2) is 6.52. The lowest BCUT2D eigenvalue weighted by Gasteiger charge is -2.10. The zero-order valence-electron chi connectivity index (χ0n) is 12.0. The lowest BCUT2D eigenvalue weighted by molar-refractivity contribution is 0.564. The highest BCUT2D eigenvalue weighted by atomic mass is 15.3. The van der Waals surface area contributed by atoms with E-state index in [4.69, 9.17) is 0 Å². The number of aromatic nitrogens is 4. The Labute approximate surface area is 114 Å². The Kier molecular flexibility index (Phi) is 4.74. The van der Waals surface area contributed by atoms with Gasteiger partial charge in [-0.15, -0.1) is 0 Å². The third-order valence-electron chi connectivity index (χ3n) is 3.37. The zero-order valence-corrected chi connectivity index (χ0v) is 12.0. The highest BCUT2D eigenvalue weighted by molar-refractivity contribution is 5.09. The monoisotopic (exact) mass is 261 g/mol. The molecule has 2 aromatic heterocycles. The first-order chi connectivity index (χ1) is 9.20. The SMILES string of the molecule is CCCNC(C)c1cnn(CCc2ccnn2C)c1. The molecule has 5 nitrogen and oxygen atoms in total. The van der Waals surface area contributed by atoms with E-state index in [0.717, 1.165) is 25.9 Å². The number of rotatable bonds is 7. The van der Waals surface area contributed by atoms with Gasteiger partial charge in [-0.3, -0.25) is 9.36 Å². The molecule has 0 aromatic carbocycles. The number of hydrogen-bond acceptors (Lipinski definition) is 3. The molecular weight excluding hydrogens is 238 g/mol.